The van der Waals surface area contributed by atoms with Gasteiger partial charge >= 0.3 is 7.12 Å². The highest BCUT2D eigenvalue weighted by molar-refractivity contribution is 6.58. The van der Waals surface area contributed by atoms with Gasteiger partial charge in [-0.3, -0.25) is 4.79 Å². The monoisotopic (exact) mass is 207 g/mol. The molecule has 0 spiro atoms. The summed E-state index contributed by atoms with van der Waals surface area (Å²) in [6.07, 6.45) is 0. The summed E-state index contributed by atoms with van der Waals surface area (Å²) >= 11 is 0. The van der Waals surface area contributed by atoms with Crippen molar-refractivity contribution in [2.45, 2.75) is 19.9 Å². The fourth-order valence-electron chi connectivity index (χ4n) is 1.38. The zero-order valence-corrected chi connectivity index (χ0v) is 8.77. The Labute approximate surface area is 89.1 Å². The Morgan fingerprint density at radius 1 is 1.47 bits per heavy atom. The van der Waals surface area contributed by atoms with E-state index in [1.807, 2.05) is 13.0 Å². The molecule has 4 nitrogen and oxygen atoms in total. The molecule has 1 atom stereocenters. The first-order valence-corrected chi connectivity index (χ1v) is 4.74. The van der Waals surface area contributed by atoms with Crippen molar-refractivity contribution in [3.63, 3.8) is 0 Å². The number of benzene rings is 1. The quantitative estimate of drug-likeness (QED) is 0.588. The van der Waals surface area contributed by atoms with Crippen LogP contribution in [-0.4, -0.2) is 23.1 Å². The molecule has 1 amide bonds. The molecule has 15 heavy (non-hydrogen) atoms. The topological polar surface area (TPSA) is 69.6 Å². The lowest BCUT2D eigenvalue weighted by atomic mass is 9.79. The highest BCUT2D eigenvalue weighted by Gasteiger charge is 2.13. The lowest BCUT2D eigenvalue weighted by Gasteiger charge is -2.13. The normalized spacial score (nSPS) is 12.0. The van der Waals surface area contributed by atoms with Crippen LogP contribution in [0.5, 0.6) is 0 Å². The molecule has 0 saturated heterocycles. The van der Waals surface area contributed by atoms with Crippen LogP contribution in [-0.2, 0) is 4.79 Å². The summed E-state index contributed by atoms with van der Waals surface area (Å²) in [6.45, 7) is 3.28. The summed E-state index contributed by atoms with van der Waals surface area (Å²) in [7, 11) is -1.48. The van der Waals surface area contributed by atoms with Gasteiger partial charge in [0.25, 0.3) is 0 Å². The van der Waals surface area contributed by atoms with E-state index in [0.29, 0.717) is 5.46 Å². The van der Waals surface area contributed by atoms with E-state index < -0.39 is 7.12 Å². The van der Waals surface area contributed by atoms with Gasteiger partial charge in [0.05, 0.1) is 6.04 Å². The molecule has 0 aliphatic rings. The van der Waals surface area contributed by atoms with Gasteiger partial charge in [0.1, 0.15) is 0 Å². The lowest BCUT2D eigenvalue weighted by Crippen LogP contribution is -2.31. The van der Waals surface area contributed by atoms with Gasteiger partial charge in [0.15, 0.2) is 0 Å². The maximum Gasteiger partial charge on any atom is 0.488 e. The van der Waals surface area contributed by atoms with Gasteiger partial charge in [-0.15, -0.1) is 0 Å². The van der Waals surface area contributed by atoms with Crippen LogP contribution in [0.4, 0.5) is 0 Å². The Balaban J connectivity index is 2.85. The maximum atomic E-state index is 10.8. The van der Waals surface area contributed by atoms with E-state index >= 15 is 0 Å². The van der Waals surface area contributed by atoms with Crippen LogP contribution in [0.1, 0.15) is 25.5 Å². The third-order valence-corrected chi connectivity index (χ3v) is 2.13. The van der Waals surface area contributed by atoms with E-state index in [2.05, 4.69) is 5.32 Å². The summed E-state index contributed by atoms with van der Waals surface area (Å²) in [5.41, 5.74) is 1.26. The number of nitrogens with one attached hydrogen (secondary N) is 1. The van der Waals surface area contributed by atoms with Crippen molar-refractivity contribution in [1.29, 1.82) is 0 Å². The summed E-state index contributed by atoms with van der Waals surface area (Å²) < 4.78 is 0. The average molecular weight is 207 g/mol. The number of hydrogen-bond donors (Lipinski definition) is 3. The molecular formula is C10H14BNO3. The Morgan fingerprint density at radius 2 is 2.13 bits per heavy atom. The van der Waals surface area contributed by atoms with Gasteiger partial charge in [-0.25, -0.2) is 0 Å². The fourth-order valence-corrected chi connectivity index (χ4v) is 1.38. The Hall–Kier alpha value is -1.33. The largest absolute Gasteiger partial charge is 0.488 e. The zero-order chi connectivity index (χ0) is 11.4. The summed E-state index contributed by atoms with van der Waals surface area (Å²) in [6, 6.07) is 6.69. The molecular weight excluding hydrogens is 193 g/mol. The molecule has 0 radical (unpaired) electrons. The minimum Gasteiger partial charge on any atom is -0.423 e. The van der Waals surface area contributed by atoms with E-state index in [1.54, 1.807) is 18.2 Å². The van der Waals surface area contributed by atoms with Crippen molar-refractivity contribution in [1.82, 2.24) is 5.32 Å². The van der Waals surface area contributed by atoms with E-state index in [-0.39, 0.29) is 11.9 Å². The van der Waals surface area contributed by atoms with Crippen molar-refractivity contribution in [2.75, 3.05) is 0 Å². The van der Waals surface area contributed by atoms with E-state index in [4.69, 9.17) is 10.0 Å². The van der Waals surface area contributed by atoms with E-state index in [1.165, 1.54) is 6.92 Å². The average Bonchev–Trinajstić information content (AvgIpc) is 2.17. The summed E-state index contributed by atoms with van der Waals surface area (Å²) in [5.74, 6) is -0.113. The van der Waals surface area contributed by atoms with Crippen molar-refractivity contribution in [2.24, 2.45) is 0 Å². The first kappa shape index (κ1) is 11.7. The van der Waals surface area contributed by atoms with Crippen molar-refractivity contribution in [3.05, 3.63) is 29.8 Å². The second-order valence-corrected chi connectivity index (χ2v) is 3.47. The molecule has 0 fully saturated rings. The molecule has 1 aromatic carbocycles. The highest BCUT2D eigenvalue weighted by atomic mass is 16.4. The van der Waals surface area contributed by atoms with Crippen LogP contribution >= 0.6 is 0 Å². The molecule has 0 unspecified atom stereocenters. The Bertz CT molecular complexity index is 354. The zero-order valence-electron chi connectivity index (χ0n) is 8.77. The van der Waals surface area contributed by atoms with Crippen LogP contribution < -0.4 is 10.8 Å². The van der Waals surface area contributed by atoms with Gasteiger partial charge in [-0.1, -0.05) is 24.3 Å². The maximum absolute atomic E-state index is 10.8. The minimum atomic E-state index is -1.48. The van der Waals surface area contributed by atoms with Crippen LogP contribution in [0, 0.1) is 0 Å². The molecule has 0 heterocycles. The molecule has 1 aromatic rings. The fraction of sp³-hybridized carbons (Fsp3) is 0.300. The van der Waals surface area contributed by atoms with Gasteiger partial charge in [-0.05, 0) is 17.9 Å². The number of carbonyl (C=O) groups is 1. The second-order valence-electron chi connectivity index (χ2n) is 3.47. The van der Waals surface area contributed by atoms with Crippen LogP contribution in [0.2, 0.25) is 0 Å². The molecule has 80 valence electrons. The predicted octanol–water partition coefficient (Wildman–Crippen LogP) is -0.436. The number of hydrogen-bond acceptors (Lipinski definition) is 3. The first-order valence-electron chi connectivity index (χ1n) is 4.74. The Kier molecular flexibility index (Phi) is 3.88. The molecule has 3 N–H and O–H groups in total. The van der Waals surface area contributed by atoms with Crippen molar-refractivity contribution in [3.8, 4) is 0 Å². The summed E-state index contributed by atoms with van der Waals surface area (Å²) in [5, 5.41) is 20.7. The van der Waals surface area contributed by atoms with Crippen molar-refractivity contribution < 1.29 is 14.8 Å². The molecule has 0 saturated carbocycles. The van der Waals surface area contributed by atoms with E-state index in [0.717, 1.165) is 5.56 Å². The first-order chi connectivity index (χ1) is 7.00. The van der Waals surface area contributed by atoms with E-state index in [9.17, 15) is 4.79 Å². The van der Waals surface area contributed by atoms with Gasteiger partial charge < -0.3 is 15.4 Å². The highest BCUT2D eigenvalue weighted by Crippen LogP contribution is 2.09. The molecule has 0 aromatic heterocycles. The Morgan fingerprint density at radius 3 is 2.67 bits per heavy atom. The lowest BCUT2D eigenvalue weighted by molar-refractivity contribution is -0.119. The van der Waals surface area contributed by atoms with Crippen LogP contribution in [0.25, 0.3) is 0 Å². The molecule has 0 aliphatic heterocycles. The molecule has 5 heteroatoms. The predicted molar refractivity (Wildman–Crippen MR) is 58.5 cm³/mol. The summed E-state index contributed by atoms with van der Waals surface area (Å²) in [4.78, 5) is 10.8. The van der Waals surface area contributed by atoms with Gasteiger partial charge in [0, 0.05) is 6.92 Å². The standard InChI is InChI=1S/C10H14BNO3/c1-7(12-8(2)13)9-4-3-5-10(6-9)11(14)15/h3-7,14-15H,1-2H3,(H,12,13)/t7-/m0/s1. The minimum absolute atomic E-state index is 0.113. The SMILES string of the molecule is CC(=O)N[C@@H](C)c1cccc(B(O)O)c1. The third-order valence-electron chi connectivity index (χ3n) is 2.13. The van der Waals surface area contributed by atoms with Gasteiger partial charge in [-0.2, -0.15) is 0 Å². The smallest absolute Gasteiger partial charge is 0.423 e. The van der Waals surface area contributed by atoms with Gasteiger partial charge in [0.2, 0.25) is 5.91 Å². The molecule has 0 aliphatic carbocycles. The van der Waals surface area contributed by atoms with Crippen LogP contribution in [0.15, 0.2) is 24.3 Å². The number of carbonyl (C=O) groups excluding carboxylic acids is 1. The third kappa shape index (κ3) is 3.38. The second kappa shape index (κ2) is 4.95. The molecule has 0 bridgehead atoms. The van der Waals surface area contributed by atoms with Crippen LogP contribution in [0.3, 0.4) is 0 Å². The number of rotatable bonds is 3. The number of amides is 1. The molecule has 1 rings (SSSR count). The van der Waals surface area contributed by atoms with Crippen molar-refractivity contribution >= 4 is 18.5 Å².